The Balaban J connectivity index is 1.70. The molecule has 1 fully saturated rings. The maximum absolute atomic E-state index is 13.2. The molecule has 2 aromatic rings. The lowest BCUT2D eigenvalue weighted by molar-refractivity contribution is -0.163. The number of likely N-dealkylation sites (N-methyl/N-ethyl adjacent to an activating group) is 1. The van der Waals surface area contributed by atoms with Crippen LogP contribution in [0.3, 0.4) is 0 Å². The molecule has 4 nitrogen and oxygen atoms in total. The maximum Gasteiger partial charge on any atom is 0.248 e. The van der Waals surface area contributed by atoms with Crippen molar-refractivity contribution in [1.82, 2.24) is 9.80 Å². The third kappa shape index (κ3) is 4.59. The molecule has 1 aliphatic rings. The second kappa shape index (κ2) is 8.37. The molecule has 0 saturated carbocycles. The Morgan fingerprint density at radius 3 is 2.31 bits per heavy atom. The second-order valence-electron chi connectivity index (χ2n) is 8.14. The first-order valence-electron chi connectivity index (χ1n) is 9.67. The molecule has 0 spiro atoms. The normalized spacial score (nSPS) is 18.3. The molecule has 1 atom stereocenters. The van der Waals surface area contributed by atoms with E-state index in [2.05, 4.69) is 6.07 Å². The topological polar surface area (TPSA) is 40.6 Å². The minimum absolute atomic E-state index is 0.0185. The van der Waals surface area contributed by atoms with Gasteiger partial charge >= 0.3 is 0 Å². The summed E-state index contributed by atoms with van der Waals surface area (Å²) in [6, 6.07) is 11.4. The smallest absolute Gasteiger partial charge is 0.248 e. The lowest BCUT2D eigenvalue weighted by Crippen LogP contribution is -2.67. The van der Waals surface area contributed by atoms with Crippen molar-refractivity contribution >= 4 is 35.0 Å². The van der Waals surface area contributed by atoms with Gasteiger partial charge in [0, 0.05) is 30.2 Å². The fourth-order valence-corrected chi connectivity index (χ4v) is 4.48. The number of nitrogens with zero attached hydrogens (tertiary/aromatic N) is 2. The molecule has 3 rings (SSSR count). The average molecular weight is 433 g/mol. The fraction of sp³-hybridized carbons (Fsp3) is 0.391. The van der Waals surface area contributed by atoms with E-state index in [1.54, 1.807) is 29.0 Å². The highest BCUT2D eigenvalue weighted by molar-refractivity contribution is 6.35. The lowest BCUT2D eigenvalue weighted by atomic mass is 9.84. The van der Waals surface area contributed by atoms with E-state index in [0.29, 0.717) is 36.0 Å². The van der Waals surface area contributed by atoms with E-state index in [1.165, 1.54) is 0 Å². The molecule has 1 unspecified atom stereocenters. The first kappa shape index (κ1) is 21.7. The summed E-state index contributed by atoms with van der Waals surface area (Å²) in [6.07, 6.45) is 0.960. The van der Waals surface area contributed by atoms with E-state index < -0.39 is 5.54 Å². The van der Waals surface area contributed by atoms with E-state index in [1.807, 2.05) is 39.0 Å². The SMILES string of the molecule is Cc1cc(C)cc(CC(=O)N2CCC2(C)C(=O)N(C)Cc2ccc(Cl)cc2Cl)c1. The van der Waals surface area contributed by atoms with Gasteiger partial charge in [0.2, 0.25) is 11.8 Å². The van der Waals surface area contributed by atoms with Gasteiger partial charge in [0.25, 0.3) is 0 Å². The highest BCUT2D eigenvalue weighted by Crippen LogP contribution is 2.33. The van der Waals surface area contributed by atoms with E-state index >= 15 is 0 Å². The van der Waals surface area contributed by atoms with Crippen molar-refractivity contribution in [3.05, 3.63) is 68.7 Å². The summed E-state index contributed by atoms with van der Waals surface area (Å²) in [5.74, 6) is -0.0986. The molecular weight excluding hydrogens is 407 g/mol. The highest BCUT2D eigenvalue weighted by Gasteiger charge is 2.50. The molecule has 0 radical (unpaired) electrons. The van der Waals surface area contributed by atoms with Crippen LogP contribution in [-0.4, -0.2) is 40.7 Å². The van der Waals surface area contributed by atoms with E-state index in [0.717, 1.165) is 22.3 Å². The molecule has 2 amide bonds. The summed E-state index contributed by atoms with van der Waals surface area (Å²) in [6.45, 7) is 6.85. The molecule has 154 valence electrons. The summed E-state index contributed by atoms with van der Waals surface area (Å²) in [5, 5.41) is 1.08. The van der Waals surface area contributed by atoms with Gasteiger partial charge in [-0.1, -0.05) is 58.6 Å². The van der Waals surface area contributed by atoms with Crippen LogP contribution in [0.5, 0.6) is 0 Å². The van der Waals surface area contributed by atoms with Crippen LogP contribution in [0.2, 0.25) is 10.0 Å². The van der Waals surface area contributed by atoms with Crippen LogP contribution in [0.4, 0.5) is 0 Å². The molecule has 0 aliphatic carbocycles. The van der Waals surface area contributed by atoms with Crippen molar-refractivity contribution in [1.29, 1.82) is 0 Å². The van der Waals surface area contributed by atoms with Gasteiger partial charge in [-0.15, -0.1) is 0 Å². The van der Waals surface area contributed by atoms with Crippen LogP contribution in [0, 0.1) is 13.8 Å². The quantitative estimate of drug-likeness (QED) is 0.680. The summed E-state index contributed by atoms with van der Waals surface area (Å²) < 4.78 is 0. The molecule has 0 aromatic heterocycles. The van der Waals surface area contributed by atoms with Gasteiger partial charge in [-0.25, -0.2) is 0 Å². The number of hydrogen-bond acceptors (Lipinski definition) is 2. The lowest BCUT2D eigenvalue weighted by Gasteiger charge is -2.50. The molecular formula is C23H26Cl2N2O2. The van der Waals surface area contributed by atoms with Gasteiger partial charge in [-0.05, 0) is 50.5 Å². The van der Waals surface area contributed by atoms with Gasteiger partial charge in [-0.3, -0.25) is 9.59 Å². The number of aryl methyl sites for hydroxylation is 2. The van der Waals surface area contributed by atoms with Gasteiger partial charge in [-0.2, -0.15) is 0 Å². The minimum Gasteiger partial charge on any atom is -0.339 e. The first-order chi connectivity index (χ1) is 13.6. The Hall–Kier alpha value is -2.04. The molecule has 1 saturated heterocycles. The summed E-state index contributed by atoms with van der Waals surface area (Å²) in [5.41, 5.74) is 3.26. The van der Waals surface area contributed by atoms with Crippen molar-refractivity contribution in [2.45, 2.75) is 45.7 Å². The maximum atomic E-state index is 13.2. The highest BCUT2D eigenvalue weighted by atomic mass is 35.5. The predicted molar refractivity (Wildman–Crippen MR) is 117 cm³/mol. The van der Waals surface area contributed by atoms with Crippen LogP contribution in [0.1, 0.15) is 35.6 Å². The van der Waals surface area contributed by atoms with Gasteiger partial charge in [0.15, 0.2) is 0 Å². The summed E-state index contributed by atoms with van der Waals surface area (Å²) in [4.78, 5) is 29.4. The number of halogens is 2. The Kier molecular flexibility index (Phi) is 6.25. The van der Waals surface area contributed by atoms with Crippen LogP contribution in [0.25, 0.3) is 0 Å². The summed E-state index contributed by atoms with van der Waals surface area (Å²) in [7, 11) is 1.74. The van der Waals surface area contributed by atoms with Crippen molar-refractivity contribution in [2.75, 3.05) is 13.6 Å². The van der Waals surface area contributed by atoms with Crippen molar-refractivity contribution < 1.29 is 9.59 Å². The van der Waals surface area contributed by atoms with Crippen LogP contribution < -0.4 is 0 Å². The number of likely N-dealkylation sites (tertiary alicyclic amines) is 1. The number of hydrogen-bond donors (Lipinski definition) is 0. The van der Waals surface area contributed by atoms with E-state index in [-0.39, 0.29) is 11.8 Å². The summed E-state index contributed by atoms with van der Waals surface area (Å²) >= 11 is 12.2. The second-order valence-corrected chi connectivity index (χ2v) is 8.98. The molecule has 2 aromatic carbocycles. The van der Waals surface area contributed by atoms with Gasteiger partial charge < -0.3 is 9.80 Å². The molecule has 0 N–H and O–H groups in total. The Morgan fingerprint density at radius 2 is 1.76 bits per heavy atom. The zero-order valence-corrected chi connectivity index (χ0v) is 18.8. The molecule has 0 bridgehead atoms. The fourth-order valence-electron chi connectivity index (χ4n) is 4.01. The van der Waals surface area contributed by atoms with E-state index in [9.17, 15) is 9.59 Å². The predicted octanol–water partition coefficient (Wildman–Crippen LogP) is 4.80. The number of rotatable bonds is 5. The van der Waals surface area contributed by atoms with Crippen molar-refractivity contribution in [3.8, 4) is 0 Å². The Morgan fingerprint density at radius 1 is 1.10 bits per heavy atom. The Labute approximate surface area is 182 Å². The number of carbonyl (C=O) groups is 2. The van der Waals surface area contributed by atoms with Crippen LogP contribution in [0.15, 0.2) is 36.4 Å². The molecule has 1 aliphatic heterocycles. The third-order valence-corrected chi connectivity index (χ3v) is 6.17. The van der Waals surface area contributed by atoms with Crippen LogP contribution in [-0.2, 0) is 22.6 Å². The number of amides is 2. The largest absolute Gasteiger partial charge is 0.339 e. The Bertz CT molecular complexity index is 940. The monoisotopic (exact) mass is 432 g/mol. The molecule has 29 heavy (non-hydrogen) atoms. The van der Waals surface area contributed by atoms with Gasteiger partial charge in [0.1, 0.15) is 5.54 Å². The molecule has 6 heteroatoms. The number of benzene rings is 2. The van der Waals surface area contributed by atoms with Gasteiger partial charge in [0.05, 0.1) is 6.42 Å². The standard InChI is InChI=1S/C23H26Cl2N2O2/c1-15-9-16(2)11-17(10-15)12-21(28)27-8-7-23(27,3)22(29)26(4)14-18-5-6-19(24)13-20(18)25/h5-6,9-11,13H,7-8,12,14H2,1-4H3. The van der Waals surface area contributed by atoms with Crippen molar-refractivity contribution in [2.24, 2.45) is 0 Å². The average Bonchev–Trinajstić information content (AvgIpc) is 2.60. The zero-order chi connectivity index (χ0) is 21.3. The van der Waals surface area contributed by atoms with Crippen LogP contribution >= 0.6 is 23.2 Å². The third-order valence-electron chi connectivity index (χ3n) is 5.59. The first-order valence-corrected chi connectivity index (χ1v) is 10.4. The number of carbonyl (C=O) groups excluding carboxylic acids is 2. The molecule has 1 heterocycles. The van der Waals surface area contributed by atoms with E-state index in [4.69, 9.17) is 23.2 Å². The minimum atomic E-state index is -0.816. The zero-order valence-electron chi connectivity index (χ0n) is 17.3. The van der Waals surface area contributed by atoms with Crippen molar-refractivity contribution in [3.63, 3.8) is 0 Å².